The van der Waals surface area contributed by atoms with Gasteiger partial charge in [0.05, 0.1) is 11.4 Å². The van der Waals surface area contributed by atoms with Gasteiger partial charge in [-0.25, -0.2) is 9.07 Å². The number of halogens is 1. The van der Waals surface area contributed by atoms with Gasteiger partial charge in [0, 0.05) is 12.5 Å². The molecule has 0 atom stereocenters. The normalized spacial score (nSPS) is 13.6. The Hall–Kier alpha value is -2.95. The number of hydrogen-bond acceptors (Lipinski definition) is 2. The van der Waals surface area contributed by atoms with Gasteiger partial charge >= 0.3 is 0 Å². The average Bonchev–Trinajstić information content (AvgIpc) is 3.42. The van der Waals surface area contributed by atoms with Gasteiger partial charge in [0.25, 0.3) is 5.91 Å². The van der Waals surface area contributed by atoms with Gasteiger partial charge in [-0.1, -0.05) is 36.4 Å². The summed E-state index contributed by atoms with van der Waals surface area (Å²) in [6.07, 6.45) is 2.70. The van der Waals surface area contributed by atoms with Crippen molar-refractivity contribution in [1.29, 1.82) is 0 Å². The van der Waals surface area contributed by atoms with Gasteiger partial charge in [0.1, 0.15) is 11.5 Å². The molecular formula is C21H20FN3O. The summed E-state index contributed by atoms with van der Waals surface area (Å²) < 4.78 is 15.4. The van der Waals surface area contributed by atoms with E-state index in [1.165, 1.54) is 6.07 Å². The second kappa shape index (κ2) is 7.12. The predicted molar refractivity (Wildman–Crippen MR) is 98.0 cm³/mol. The monoisotopic (exact) mass is 349 g/mol. The van der Waals surface area contributed by atoms with E-state index in [1.807, 2.05) is 36.4 Å². The number of benzene rings is 2. The van der Waals surface area contributed by atoms with Crippen molar-refractivity contribution >= 4 is 5.91 Å². The van der Waals surface area contributed by atoms with Gasteiger partial charge in [-0.2, -0.15) is 5.10 Å². The lowest BCUT2D eigenvalue weighted by atomic mass is 10.1. The first kappa shape index (κ1) is 16.5. The number of amides is 1. The highest BCUT2D eigenvalue weighted by Crippen LogP contribution is 2.39. The Kier molecular flexibility index (Phi) is 4.52. The highest BCUT2D eigenvalue weighted by atomic mass is 19.1. The summed E-state index contributed by atoms with van der Waals surface area (Å²) in [7, 11) is 0. The van der Waals surface area contributed by atoms with E-state index in [0.717, 1.165) is 24.2 Å². The maximum Gasteiger partial charge on any atom is 0.270 e. The minimum atomic E-state index is -0.243. The minimum Gasteiger partial charge on any atom is -0.350 e. The summed E-state index contributed by atoms with van der Waals surface area (Å²) in [5.74, 6) is 0.0293. The molecule has 1 heterocycles. The molecule has 4 rings (SSSR count). The highest BCUT2D eigenvalue weighted by molar-refractivity contribution is 5.93. The zero-order chi connectivity index (χ0) is 17.9. The maximum atomic E-state index is 13.7. The summed E-state index contributed by atoms with van der Waals surface area (Å²) in [6, 6.07) is 18.2. The van der Waals surface area contributed by atoms with Crippen LogP contribution in [0.1, 0.15) is 40.5 Å². The van der Waals surface area contributed by atoms with Crippen molar-refractivity contribution in [3.05, 3.63) is 83.4 Å². The first-order chi connectivity index (χ1) is 12.7. The smallest absolute Gasteiger partial charge is 0.270 e. The number of carbonyl (C=O) groups is 1. The summed E-state index contributed by atoms with van der Waals surface area (Å²) in [5, 5.41) is 7.53. The van der Waals surface area contributed by atoms with Crippen molar-refractivity contribution in [3.63, 3.8) is 0 Å². The van der Waals surface area contributed by atoms with E-state index < -0.39 is 0 Å². The summed E-state index contributed by atoms with van der Waals surface area (Å²) in [5.41, 5.74) is 2.95. The van der Waals surface area contributed by atoms with Crippen molar-refractivity contribution in [3.8, 4) is 5.69 Å². The first-order valence-corrected chi connectivity index (χ1v) is 8.89. The molecule has 4 nitrogen and oxygen atoms in total. The predicted octanol–water partition coefficient (Wildman–Crippen LogP) is 3.86. The fourth-order valence-corrected chi connectivity index (χ4v) is 3.01. The minimum absolute atomic E-state index is 0.190. The van der Waals surface area contributed by atoms with E-state index in [9.17, 15) is 9.18 Å². The highest BCUT2D eigenvalue weighted by Gasteiger charge is 2.29. The number of hydrogen-bond donors (Lipinski definition) is 1. The second-order valence-electron chi connectivity index (χ2n) is 6.57. The standard InChI is InChI=1S/C21H20FN3O/c22-18-9-5-4-6-15(18)12-13-23-21(26)20-14-19(16-10-11-16)24-25(20)17-7-2-1-3-8-17/h1-9,14,16H,10-13H2,(H,23,26). The van der Waals surface area contributed by atoms with Gasteiger partial charge in [-0.05, 0) is 49.1 Å². The fourth-order valence-electron chi connectivity index (χ4n) is 3.01. The number of nitrogens with zero attached hydrogens (tertiary/aromatic N) is 2. The number of carbonyl (C=O) groups excluding carboxylic acids is 1. The lowest BCUT2D eigenvalue weighted by Crippen LogP contribution is -2.28. The molecular weight excluding hydrogens is 329 g/mol. The summed E-state index contributed by atoms with van der Waals surface area (Å²) in [6.45, 7) is 0.374. The molecule has 0 radical (unpaired) electrons. The van der Waals surface area contributed by atoms with E-state index in [-0.39, 0.29) is 11.7 Å². The molecule has 1 aliphatic rings. The van der Waals surface area contributed by atoms with Crippen molar-refractivity contribution < 1.29 is 9.18 Å². The Morgan fingerprint density at radius 3 is 2.58 bits per heavy atom. The molecule has 1 aromatic heterocycles. The van der Waals surface area contributed by atoms with Crippen LogP contribution in [0.15, 0.2) is 60.7 Å². The third-order valence-electron chi connectivity index (χ3n) is 4.60. The van der Waals surface area contributed by atoms with Crippen LogP contribution in [0.3, 0.4) is 0 Å². The molecule has 2 aromatic carbocycles. The second-order valence-corrected chi connectivity index (χ2v) is 6.57. The van der Waals surface area contributed by atoms with Crippen LogP contribution in [0.25, 0.3) is 5.69 Å². The SMILES string of the molecule is O=C(NCCc1ccccc1F)c1cc(C2CC2)nn1-c1ccccc1. The van der Waals surface area contributed by atoms with Crippen molar-refractivity contribution in [2.45, 2.75) is 25.2 Å². The van der Waals surface area contributed by atoms with Crippen molar-refractivity contribution in [1.82, 2.24) is 15.1 Å². The van der Waals surface area contributed by atoms with Crippen LogP contribution in [0.5, 0.6) is 0 Å². The third-order valence-corrected chi connectivity index (χ3v) is 4.60. The van der Waals surface area contributed by atoms with E-state index in [1.54, 1.807) is 22.9 Å². The van der Waals surface area contributed by atoms with Crippen molar-refractivity contribution in [2.24, 2.45) is 0 Å². The molecule has 0 aliphatic heterocycles. The van der Waals surface area contributed by atoms with E-state index in [0.29, 0.717) is 30.1 Å². The molecule has 1 N–H and O–H groups in total. The Morgan fingerprint density at radius 1 is 1.12 bits per heavy atom. The zero-order valence-corrected chi connectivity index (χ0v) is 14.4. The molecule has 1 saturated carbocycles. The topological polar surface area (TPSA) is 46.9 Å². The lowest BCUT2D eigenvalue weighted by Gasteiger charge is -2.08. The maximum absolute atomic E-state index is 13.7. The molecule has 0 saturated heterocycles. The van der Waals surface area contributed by atoms with Gasteiger partial charge in [0.2, 0.25) is 0 Å². The van der Waals surface area contributed by atoms with Crippen LogP contribution in [-0.4, -0.2) is 22.2 Å². The largest absolute Gasteiger partial charge is 0.350 e. The zero-order valence-electron chi connectivity index (χ0n) is 14.4. The number of nitrogens with one attached hydrogen (secondary N) is 1. The number of rotatable bonds is 6. The molecule has 1 aliphatic carbocycles. The third kappa shape index (κ3) is 3.52. The Labute approximate surface area is 151 Å². The van der Waals surface area contributed by atoms with Crippen LogP contribution in [-0.2, 0) is 6.42 Å². The average molecular weight is 349 g/mol. The molecule has 0 bridgehead atoms. The van der Waals surface area contributed by atoms with Gasteiger partial charge < -0.3 is 5.32 Å². The molecule has 0 spiro atoms. The summed E-state index contributed by atoms with van der Waals surface area (Å²) in [4.78, 5) is 12.7. The van der Waals surface area contributed by atoms with E-state index >= 15 is 0 Å². The van der Waals surface area contributed by atoms with E-state index in [2.05, 4.69) is 10.4 Å². The molecule has 5 heteroatoms. The molecule has 1 amide bonds. The Bertz CT molecular complexity index is 916. The van der Waals surface area contributed by atoms with Gasteiger partial charge in [0.15, 0.2) is 0 Å². The van der Waals surface area contributed by atoms with Crippen LogP contribution < -0.4 is 5.32 Å². The van der Waals surface area contributed by atoms with E-state index in [4.69, 9.17) is 0 Å². The number of para-hydroxylation sites is 1. The van der Waals surface area contributed by atoms with Crippen LogP contribution in [0.4, 0.5) is 4.39 Å². The Morgan fingerprint density at radius 2 is 1.85 bits per heavy atom. The molecule has 26 heavy (non-hydrogen) atoms. The lowest BCUT2D eigenvalue weighted by molar-refractivity contribution is 0.0946. The fraction of sp³-hybridized carbons (Fsp3) is 0.238. The number of aromatic nitrogens is 2. The van der Waals surface area contributed by atoms with Crippen LogP contribution in [0.2, 0.25) is 0 Å². The first-order valence-electron chi connectivity index (χ1n) is 8.89. The molecule has 1 fully saturated rings. The van der Waals surface area contributed by atoms with Crippen LogP contribution >= 0.6 is 0 Å². The molecule has 3 aromatic rings. The van der Waals surface area contributed by atoms with Crippen LogP contribution in [0, 0.1) is 5.82 Å². The Balaban J connectivity index is 1.51. The summed E-state index contributed by atoms with van der Waals surface area (Å²) >= 11 is 0. The quantitative estimate of drug-likeness (QED) is 0.734. The molecule has 132 valence electrons. The van der Waals surface area contributed by atoms with Gasteiger partial charge in [-0.3, -0.25) is 4.79 Å². The molecule has 0 unspecified atom stereocenters. The van der Waals surface area contributed by atoms with Crippen molar-refractivity contribution in [2.75, 3.05) is 6.54 Å². The van der Waals surface area contributed by atoms with Gasteiger partial charge in [-0.15, -0.1) is 0 Å².